The number of carbonyl (C=O) groups excluding carboxylic acids is 2. The largest absolute Gasteiger partial charge is 0.268 e. The van der Waals surface area contributed by atoms with Gasteiger partial charge in [0.1, 0.15) is 0 Å². The van der Waals surface area contributed by atoms with E-state index in [0.29, 0.717) is 39.7 Å². The molecule has 112 valence electrons. The lowest BCUT2D eigenvalue weighted by atomic mass is 10.1. The second-order valence-electron chi connectivity index (χ2n) is 4.40. The maximum atomic E-state index is 12.8. The molecular weight excluding hydrogens is 569 g/mol. The summed E-state index contributed by atoms with van der Waals surface area (Å²) in [4.78, 5) is 26.6. The molecule has 0 radical (unpaired) electrons. The summed E-state index contributed by atoms with van der Waals surface area (Å²) in [6.45, 7) is 0. The number of fused-ring (bicyclic) bond motifs is 1. The Labute approximate surface area is 164 Å². The molecule has 2 aromatic rings. The van der Waals surface area contributed by atoms with Gasteiger partial charge in [-0.2, -0.15) is 0 Å². The highest BCUT2D eigenvalue weighted by atomic mass is 79.9. The first-order chi connectivity index (χ1) is 10.4. The third kappa shape index (κ3) is 2.33. The van der Waals surface area contributed by atoms with Crippen LogP contribution >= 0.6 is 75.3 Å². The average molecular weight is 573 g/mol. The molecule has 3 rings (SSSR count). The van der Waals surface area contributed by atoms with Crippen LogP contribution in [0.3, 0.4) is 0 Å². The minimum atomic E-state index is -0.422. The number of rotatable bonds is 1. The Bertz CT molecular complexity index is 806. The Hall–Kier alpha value is -0.210. The lowest BCUT2D eigenvalue weighted by Crippen LogP contribution is -2.29. The number of imide groups is 1. The maximum Gasteiger partial charge on any atom is 0.267 e. The lowest BCUT2D eigenvalue weighted by Gasteiger charge is -2.15. The van der Waals surface area contributed by atoms with Crippen molar-refractivity contribution in [1.82, 2.24) is 0 Å². The molecule has 0 atom stereocenters. The molecule has 0 saturated heterocycles. The van der Waals surface area contributed by atoms with E-state index in [1.165, 1.54) is 0 Å². The zero-order valence-electron chi connectivity index (χ0n) is 10.5. The highest BCUT2D eigenvalue weighted by Gasteiger charge is 2.42. The Balaban J connectivity index is 2.29. The second kappa shape index (κ2) is 6.02. The molecule has 0 spiro atoms. The molecule has 2 amide bonds. The minimum absolute atomic E-state index is 0.298. The molecule has 0 N–H and O–H groups in total. The number of halogens is 5. The highest BCUT2D eigenvalue weighted by Crippen LogP contribution is 2.46. The first-order valence-electron chi connectivity index (χ1n) is 5.85. The molecule has 22 heavy (non-hydrogen) atoms. The van der Waals surface area contributed by atoms with Crippen LogP contribution in [0.1, 0.15) is 20.7 Å². The van der Waals surface area contributed by atoms with Crippen LogP contribution in [-0.4, -0.2) is 11.8 Å². The Morgan fingerprint density at radius 1 is 0.773 bits per heavy atom. The standard InChI is InChI=1S/C14H4Br4ClNO2/c15-9-7-8(10(16)12(18)11(9)17)14(22)20(13(7)21)6-4-2-1-3-5(6)19/h1-4H. The quantitative estimate of drug-likeness (QED) is 0.232. The van der Waals surface area contributed by atoms with Gasteiger partial charge in [-0.1, -0.05) is 23.7 Å². The van der Waals surface area contributed by atoms with Gasteiger partial charge in [0.2, 0.25) is 0 Å². The van der Waals surface area contributed by atoms with Crippen LogP contribution in [0.25, 0.3) is 0 Å². The molecule has 0 aromatic heterocycles. The number of benzene rings is 2. The number of para-hydroxylation sites is 1. The van der Waals surface area contributed by atoms with Crippen LogP contribution in [-0.2, 0) is 0 Å². The summed E-state index contributed by atoms with van der Waals surface area (Å²) in [6.07, 6.45) is 0. The van der Waals surface area contributed by atoms with E-state index in [1.54, 1.807) is 24.3 Å². The third-order valence-electron chi connectivity index (χ3n) is 3.19. The fourth-order valence-electron chi connectivity index (χ4n) is 2.20. The highest BCUT2D eigenvalue weighted by molar-refractivity contribution is 9.15. The molecule has 1 aliphatic rings. The number of hydrogen-bond donors (Lipinski definition) is 0. The van der Waals surface area contributed by atoms with Crippen molar-refractivity contribution in [2.24, 2.45) is 0 Å². The van der Waals surface area contributed by atoms with Crippen LogP contribution in [0.15, 0.2) is 42.2 Å². The van der Waals surface area contributed by atoms with Crippen molar-refractivity contribution in [2.45, 2.75) is 0 Å². The minimum Gasteiger partial charge on any atom is -0.268 e. The van der Waals surface area contributed by atoms with Crippen LogP contribution in [0.5, 0.6) is 0 Å². The Morgan fingerprint density at radius 2 is 1.23 bits per heavy atom. The zero-order valence-corrected chi connectivity index (χ0v) is 17.6. The van der Waals surface area contributed by atoms with E-state index >= 15 is 0 Å². The van der Waals surface area contributed by atoms with E-state index in [-0.39, 0.29) is 0 Å². The van der Waals surface area contributed by atoms with Gasteiger partial charge in [0.05, 0.1) is 21.8 Å². The second-order valence-corrected chi connectivity index (χ2v) is 7.98. The van der Waals surface area contributed by atoms with Gasteiger partial charge in [-0.05, 0) is 75.9 Å². The maximum absolute atomic E-state index is 12.8. The average Bonchev–Trinajstić information content (AvgIpc) is 2.75. The van der Waals surface area contributed by atoms with E-state index in [2.05, 4.69) is 63.7 Å². The van der Waals surface area contributed by atoms with Crippen LogP contribution in [0.4, 0.5) is 5.69 Å². The number of anilines is 1. The van der Waals surface area contributed by atoms with Crippen molar-refractivity contribution in [3.63, 3.8) is 0 Å². The topological polar surface area (TPSA) is 37.4 Å². The molecule has 0 bridgehead atoms. The Morgan fingerprint density at radius 3 is 1.68 bits per heavy atom. The van der Waals surface area contributed by atoms with Gasteiger partial charge in [-0.3, -0.25) is 9.59 Å². The summed E-state index contributed by atoms with van der Waals surface area (Å²) in [7, 11) is 0. The summed E-state index contributed by atoms with van der Waals surface area (Å²) < 4.78 is 2.34. The van der Waals surface area contributed by atoms with Crippen molar-refractivity contribution in [3.05, 3.63) is 58.3 Å². The number of hydrogen-bond acceptors (Lipinski definition) is 2. The SMILES string of the molecule is O=C1c2c(Br)c(Br)c(Br)c(Br)c2C(=O)N1c1ccccc1Cl. The Kier molecular flexibility index (Phi) is 4.55. The summed E-state index contributed by atoms with van der Waals surface area (Å²) >= 11 is 19.7. The van der Waals surface area contributed by atoms with E-state index in [4.69, 9.17) is 11.6 Å². The van der Waals surface area contributed by atoms with Crippen molar-refractivity contribution in [2.75, 3.05) is 4.90 Å². The lowest BCUT2D eigenvalue weighted by molar-refractivity contribution is 0.0926. The van der Waals surface area contributed by atoms with Crippen LogP contribution in [0, 0.1) is 0 Å². The van der Waals surface area contributed by atoms with Crippen LogP contribution < -0.4 is 4.90 Å². The molecule has 3 nitrogen and oxygen atoms in total. The number of amides is 2. The molecule has 0 fully saturated rings. The summed E-state index contributed by atoms with van der Waals surface area (Å²) in [5.41, 5.74) is 0.958. The van der Waals surface area contributed by atoms with Crippen molar-refractivity contribution in [1.29, 1.82) is 0 Å². The first kappa shape index (κ1) is 16.6. The number of carbonyl (C=O) groups is 2. The van der Waals surface area contributed by atoms with Crippen molar-refractivity contribution < 1.29 is 9.59 Å². The smallest absolute Gasteiger partial charge is 0.267 e. The van der Waals surface area contributed by atoms with Gasteiger partial charge in [0, 0.05) is 17.9 Å². The van der Waals surface area contributed by atoms with Crippen LogP contribution in [0.2, 0.25) is 5.02 Å². The van der Waals surface area contributed by atoms with Crippen molar-refractivity contribution in [3.8, 4) is 0 Å². The van der Waals surface area contributed by atoms with Gasteiger partial charge >= 0.3 is 0 Å². The molecule has 0 saturated carbocycles. The summed E-state index contributed by atoms with van der Waals surface area (Å²) in [5, 5.41) is 0.336. The molecule has 8 heteroatoms. The monoisotopic (exact) mass is 569 g/mol. The van der Waals surface area contributed by atoms with Gasteiger partial charge in [-0.25, -0.2) is 4.90 Å². The first-order valence-corrected chi connectivity index (χ1v) is 9.40. The normalized spacial score (nSPS) is 13.8. The molecular formula is C14H4Br4ClNO2. The van der Waals surface area contributed by atoms with Gasteiger partial charge < -0.3 is 0 Å². The molecule has 1 aliphatic heterocycles. The molecule has 1 heterocycles. The predicted octanol–water partition coefficient (Wildman–Crippen LogP) is 6.19. The molecule has 0 unspecified atom stereocenters. The van der Waals surface area contributed by atoms with E-state index in [0.717, 1.165) is 4.90 Å². The van der Waals surface area contributed by atoms with E-state index < -0.39 is 11.8 Å². The zero-order chi connectivity index (χ0) is 16.2. The number of nitrogens with zero attached hydrogens (tertiary/aromatic N) is 1. The van der Waals surface area contributed by atoms with Gasteiger partial charge in [0.15, 0.2) is 0 Å². The summed E-state index contributed by atoms with van der Waals surface area (Å²) in [6, 6.07) is 6.73. The molecule has 2 aromatic carbocycles. The fraction of sp³-hybridized carbons (Fsp3) is 0. The summed E-state index contributed by atoms with van der Waals surface area (Å²) in [5.74, 6) is -0.845. The predicted molar refractivity (Wildman–Crippen MR) is 99.8 cm³/mol. The van der Waals surface area contributed by atoms with Gasteiger partial charge in [0.25, 0.3) is 11.8 Å². The molecule has 0 aliphatic carbocycles. The van der Waals surface area contributed by atoms with E-state index in [1.807, 2.05) is 0 Å². The van der Waals surface area contributed by atoms with E-state index in [9.17, 15) is 9.59 Å². The fourth-order valence-corrected chi connectivity index (χ4v) is 4.88. The third-order valence-corrected chi connectivity index (χ3v) is 8.28. The van der Waals surface area contributed by atoms with Crippen molar-refractivity contribution >= 4 is 92.8 Å². The van der Waals surface area contributed by atoms with Gasteiger partial charge in [-0.15, -0.1) is 0 Å².